The molecule has 0 rings (SSSR count). The summed E-state index contributed by atoms with van der Waals surface area (Å²) < 4.78 is 0. The van der Waals surface area contributed by atoms with Gasteiger partial charge in [0.2, 0.25) is 0 Å². The van der Waals surface area contributed by atoms with Crippen LogP contribution in [-0.2, 0) is 31.0 Å². The Bertz CT molecular complexity index is 68.5. The van der Waals surface area contributed by atoms with Crippen LogP contribution in [0.1, 0.15) is 13.3 Å². The van der Waals surface area contributed by atoms with Crippen LogP contribution >= 0.6 is 0 Å². The second kappa shape index (κ2) is 6.29. The number of ketones is 1. The van der Waals surface area contributed by atoms with Crippen molar-refractivity contribution in [3.8, 4) is 0 Å². The second-order valence-electron chi connectivity index (χ2n) is 1.19. The van der Waals surface area contributed by atoms with Crippen LogP contribution in [0.5, 0.6) is 0 Å². The monoisotopic (exact) mass is 174 g/mol. The maximum atomic E-state index is 9.97. The third kappa shape index (κ3) is 10.7. The molecule has 0 radical (unpaired) electrons. The molecule has 0 bridgehead atoms. The molecule has 0 saturated heterocycles. The Kier molecular flexibility index (Phi) is 9.27. The zero-order chi connectivity index (χ0) is 4.99. The molecule has 0 aliphatic heterocycles. The van der Waals surface area contributed by atoms with E-state index in [1.54, 1.807) is 13.0 Å². The molecule has 0 aliphatic rings. The Labute approximate surface area is 62.9 Å². The average Bonchev–Trinajstić information content (AvgIpc) is 1.35. The molecule has 0 heterocycles. The number of hydrogen-bond acceptors (Lipinski definition) is 1. The van der Waals surface area contributed by atoms with E-state index in [1.807, 2.05) is 0 Å². The molecule has 0 atom stereocenters. The fourth-order valence-corrected chi connectivity index (χ4v) is 0.203. The zero-order valence-corrected chi connectivity index (χ0v) is 6.86. The van der Waals surface area contributed by atoms with Crippen molar-refractivity contribution >= 4 is 5.78 Å². The summed E-state index contributed by atoms with van der Waals surface area (Å²) in [6.07, 6.45) is 2.10. The first-order valence-electron chi connectivity index (χ1n) is 1.87. The van der Waals surface area contributed by atoms with E-state index in [4.69, 9.17) is 0 Å². The molecule has 0 spiro atoms. The molecule has 0 aliphatic carbocycles. The summed E-state index contributed by atoms with van der Waals surface area (Å²) in [7, 11) is 0. The van der Waals surface area contributed by atoms with Gasteiger partial charge in [-0.15, -0.1) is 6.58 Å². The molecular weight excluding hydrogens is 167 g/mol. The van der Waals surface area contributed by atoms with Gasteiger partial charge in [0.15, 0.2) is 0 Å². The summed E-state index contributed by atoms with van der Waals surface area (Å²) in [6, 6.07) is 0. The van der Waals surface area contributed by atoms with E-state index in [1.165, 1.54) is 0 Å². The third-order valence-electron chi connectivity index (χ3n) is 0.432. The molecule has 2 heteroatoms. The number of Topliss-reactive ketones (excluding diaryl/α,β-unsaturated/α-hetero) is 1. The van der Waals surface area contributed by atoms with Gasteiger partial charge in [0, 0.05) is 32.6 Å². The van der Waals surface area contributed by atoms with Gasteiger partial charge in [-0.25, -0.2) is 0 Å². The minimum absolute atomic E-state index is 0. The number of hydrogen-bond donors (Lipinski definition) is 0. The smallest absolute Gasteiger partial charge is 0.133 e. The van der Waals surface area contributed by atoms with E-state index in [2.05, 4.69) is 6.58 Å². The van der Waals surface area contributed by atoms with Gasteiger partial charge in [0.1, 0.15) is 5.78 Å². The van der Waals surface area contributed by atoms with Crippen LogP contribution in [0.3, 0.4) is 0 Å². The van der Waals surface area contributed by atoms with E-state index >= 15 is 0 Å². The molecule has 7 heavy (non-hydrogen) atoms. The number of carbonyl (C=O) groups excluding carboxylic acids is 1. The first-order chi connectivity index (χ1) is 2.77. The Balaban J connectivity index is 0. The Morgan fingerprint density at radius 1 is 1.86 bits per heavy atom. The van der Waals surface area contributed by atoms with Crippen molar-refractivity contribution < 1.29 is 31.0 Å². The summed E-state index contributed by atoms with van der Waals surface area (Å²) in [5.41, 5.74) is 0. The minimum atomic E-state index is 0. The van der Waals surface area contributed by atoms with Crippen LogP contribution in [0.15, 0.2) is 12.7 Å². The van der Waals surface area contributed by atoms with E-state index in [0.717, 1.165) is 0 Å². The normalized spacial score (nSPS) is 6.43. The second-order valence-corrected chi connectivity index (χ2v) is 1.19. The van der Waals surface area contributed by atoms with Gasteiger partial charge in [-0.3, -0.25) is 4.79 Å². The summed E-state index contributed by atoms with van der Waals surface area (Å²) in [5, 5.41) is 0. The van der Waals surface area contributed by atoms with Crippen molar-refractivity contribution in [1.29, 1.82) is 0 Å². The van der Waals surface area contributed by atoms with Crippen LogP contribution in [0.25, 0.3) is 0 Å². The topological polar surface area (TPSA) is 17.1 Å². The van der Waals surface area contributed by atoms with Gasteiger partial charge in [-0.1, -0.05) is 6.08 Å². The molecule has 0 aromatic rings. The van der Waals surface area contributed by atoms with Gasteiger partial charge >= 0.3 is 0 Å². The molecule has 0 amide bonds. The van der Waals surface area contributed by atoms with Crippen LogP contribution in [-0.4, -0.2) is 5.78 Å². The molecule has 38 valence electrons. The molecule has 0 aromatic heterocycles. The molecule has 0 saturated carbocycles. The first kappa shape index (κ1) is 10.3. The van der Waals surface area contributed by atoms with E-state index < -0.39 is 0 Å². The van der Waals surface area contributed by atoms with Crippen LogP contribution in [0.2, 0.25) is 0 Å². The Morgan fingerprint density at radius 2 is 2.29 bits per heavy atom. The number of carbonyl (C=O) groups is 1. The number of rotatable bonds is 2. The van der Waals surface area contributed by atoms with Crippen molar-refractivity contribution in [2.75, 3.05) is 0 Å². The molecule has 0 unspecified atom stereocenters. The Morgan fingerprint density at radius 3 is 2.29 bits per heavy atom. The van der Waals surface area contributed by atoms with Crippen molar-refractivity contribution in [2.24, 2.45) is 0 Å². The van der Waals surface area contributed by atoms with Gasteiger partial charge in [-0.05, 0) is 6.92 Å². The van der Waals surface area contributed by atoms with Crippen molar-refractivity contribution in [1.82, 2.24) is 0 Å². The van der Waals surface area contributed by atoms with Gasteiger partial charge < -0.3 is 0 Å². The van der Waals surface area contributed by atoms with Crippen LogP contribution in [0.4, 0.5) is 0 Å². The number of allylic oxidation sites excluding steroid dienone is 1. The third-order valence-corrected chi connectivity index (χ3v) is 0.432. The minimum Gasteiger partial charge on any atom is -0.300 e. The maximum Gasteiger partial charge on any atom is 0.133 e. The largest absolute Gasteiger partial charge is 0.300 e. The Hall–Kier alpha value is 0.293. The van der Waals surface area contributed by atoms with Crippen molar-refractivity contribution in [2.45, 2.75) is 13.3 Å². The summed E-state index contributed by atoms with van der Waals surface area (Å²) >= 11 is 0. The molecule has 1 nitrogen and oxygen atoms in total. The van der Waals surface area contributed by atoms with Gasteiger partial charge in [0.05, 0.1) is 0 Å². The summed E-state index contributed by atoms with van der Waals surface area (Å²) in [6.45, 7) is 4.92. The van der Waals surface area contributed by atoms with E-state index in [-0.39, 0.29) is 32.0 Å². The van der Waals surface area contributed by atoms with Crippen molar-refractivity contribution in [3.05, 3.63) is 12.7 Å². The first-order valence-corrected chi connectivity index (χ1v) is 1.87. The van der Waals surface area contributed by atoms with E-state index in [0.29, 0.717) is 6.42 Å². The quantitative estimate of drug-likeness (QED) is 0.575. The molecule has 0 N–H and O–H groups in total. The summed E-state index contributed by atoms with van der Waals surface area (Å²) in [5.74, 6) is 0.171. The average molecular weight is 175 g/mol. The maximum absolute atomic E-state index is 9.97. The molecule has 0 fully saturated rings. The fourth-order valence-electron chi connectivity index (χ4n) is 0.203. The van der Waals surface area contributed by atoms with Gasteiger partial charge in [0.25, 0.3) is 0 Å². The van der Waals surface area contributed by atoms with Crippen LogP contribution < -0.4 is 0 Å². The summed E-state index contributed by atoms with van der Waals surface area (Å²) in [4.78, 5) is 9.97. The predicted molar refractivity (Wildman–Crippen MR) is 25.5 cm³/mol. The van der Waals surface area contributed by atoms with Crippen LogP contribution in [0, 0.1) is 0 Å². The van der Waals surface area contributed by atoms with E-state index in [9.17, 15) is 4.79 Å². The molecular formula is C5H8OZr. The van der Waals surface area contributed by atoms with Gasteiger partial charge in [-0.2, -0.15) is 0 Å². The predicted octanol–water partition coefficient (Wildman–Crippen LogP) is 1.15. The SMILES string of the molecule is C=CCC(C)=O.[Zr]. The fraction of sp³-hybridized carbons (Fsp3) is 0.400. The van der Waals surface area contributed by atoms with Crippen molar-refractivity contribution in [3.63, 3.8) is 0 Å². The molecule has 0 aromatic carbocycles. The zero-order valence-electron chi connectivity index (χ0n) is 4.40. The standard InChI is InChI=1S/C5H8O.Zr/c1-3-4-5(2)6;/h3H,1,4H2,2H3;.